The summed E-state index contributed by atoms with van der Waals surface area (Å²) < 4.78 is 3.63. The fourth-order valence-electron chi connectivity index (χ4n) is 2.78. The van der Waals surface area contributed by atoms with E-state index < -0.39 is 0 Å². The van der Waals surface area contributed by atoms with Crippen molar-refractivity contribution >= 4 is 17.7 Å². The van der Waals surface area contributed by atoms with E-state index in [0.29, 0.717) is 6.54 Å². The van der Waals surface area contributed by atoms with E-state index in [9.17, 15) is 4.79 Å². The number of nitrogens with one attached hydrogen (secondary N) is 1. The zero-order valence-electron chi connectivity index (χ0n) is 15.1. The molecule has 0 unspecified atom stereocenters. The minimum absolute atomic E-state index is 0.188. The van der Waals surface area contributed by atoms with Crippen molar-refractivity contribution in [2.45, 2.75) is 6.54 Å². The zero-order valence-corrected chi connectivity index (χ0v) is 15.1. The highest BCUT2D eigenvalue weighted by molar-refractivity contribution is 6.01. The molecule has 0 atom stereocenters. The maximum atomic E-state index is 12.2. The number of carbonyl (C=O) groups excluding carboxylic acids is 1. The van der Waals surface area contributed by atoms with Gasteiger partial charge in [0, 0.05) is 35.9 Å². The first-order chi connectivity index (χ1) is 13.8. The predicted molar refractivity (Wildman–Crippen MR) is 109 cm³/mol. The molecule has 138 valence electrons. The Hall–Kier alpha value is -3.93. The number of aromatic nitrogens is 4. The number of anilines is 1. The second-order valence-electron chi connectivity index (χ2n) is 6.28. The van der Waals surface area contributed by atoms with Crippen LogP contribution in [0.2, 0.25) is 0 Å². The Morgan fingerprint density at radius 2 is 1.82 bits per heavy atom. The van der Waals surface area contributed by atoms with Crippen molar-refractivity contribution in [1.29, 1.82) is 0 Å². The van der Waals surface area contributed by atoms with Gasteiger partial charge in [-0.1, -0.05) is 30.3 Å². The van der Waals surface area contributed by atoms with Gasteiger partial charge in [0.1, 0.15) is 0 Å². The van der Waals surface area contributed by atoms with Gasteiger partial charge in [0.25, 0.3) is 0 Å². The van der Waals surface area contributed by atoms with E-state index in [4.69, 9.17) is 0 Å². The van der Waals surface area contributed by atoms with Gasteiger partial charge in [-0.2, -0.15) is 10.2 Å². The molecule has 0 aliphatic carbocycles. The molecular formula is C22H19N5O. The summed E-state index contributed by atoms with van der Waals surface area (Å²) in [6, 6.07) is 19.4. The van der Waals surface area contributed by atoms with Gasteiger partial charge in [0.15, 0.2) is 0 Å². The Morgan fingerprint density at radius 1 is 1.00 bits per heavy atom. The van der Waals surface area contributed by atoms with E-state index in [1.54, 1.807) is 23.2 Å². The minimum atomic E-state index is -0.188. The van der Waals surface area contributed by atoms with Gasteiger partial charge in [0.05, 0.1) is 18.4 Å². The van der Waals surface area contributed by atoms with Crippen molar-refractivity contribution < 1.29 is 4.79 Å². The molecule has 0 spiro atoms. The average molecular weight is 369 g/mol. The summed E-state index contributed by atoms with van der Waals surface area (Å²) in [5.41, 5.74) is 3.69. The van der Waals surface area contributed by atoms with Gasteiger partial charge in [-0.15, -0.1) is 0 Å². The maximum Gasteiger partial charge on any atom is 0.248 e. The van der Waals surface area contributed by atoms with Crippen molar-refractivity contribution in [3.63, 3.8) is 0 Å². The lowest BCUT2D eigenvalue weighted by Gasteiger charge is -2.05. The lowest BCUT2D eigenvalue weighted by atomic mass is 10.2. The van der Waals surface area contributed by atoms with Crippen LogP contribution in [0, 0.1) is 0 Å². The Kier molecular flexibility index (Phi) is 5.11. The molecule has 4 aromatic rings. The van der Waals surface area contributed by atoms with Gasteiger partial charge in [0.2, 0.25) is 5.91 Å². The SMILES string of the molecule is O=C(/C=C/c1cnn(-c2ccccc2)c1)Nc1ccc(Cn2cccn2)cc1. The number of para-hydroxylation sites is 1. The van der Waals surface area contributed by atoms with Crippen LogP contribution in [-0.4, -0.2) is 25.5 Å². The summed E-state index contributed by atoms with van der Waals surface area (Å²) in [5.74, 6) is -0.188. The molecule has 28 heavy (non-hydrogen) atoms. The number of carbonyl (C=O) groups is 1. The number of benzene rings is 2. The molecule has 6 nitrogen and oxygen atoms in total. The molecule has 0 bridgehead atoms. The van der Waals surface area contributed by atoms with E-state index in [-0.39, 0.29) is 5.91 Å². The summed E-state index contributed by atoms with van der Waals surface area (Å²) in [5, 5.41) is 11.4. The van der Waals surface area contributed by atoms with Crippen molar-refractivity contribution in [2.75, 3.05) is 5.32 Å². The third kappa shape index (κ3) is 4.42. The van der Waals surface area contributed by atoms with Gasteiger partial charge in [-0.25, -0.2) is 4.68 Å². The molecule has 1 N–H and O–H groups in total. The fraction of sp³-hybridized carbons (Fsp3) is 0.0455. The van der Waals surface area contributed by atoms with E-state index in [1.165, 1.54) is 6.08 Å². The van der Waals surface area contributed by atoms with Crippen LogP contribution in [0.5, 0.6) is 0 Å². The average Bonchev–Trinajstić information content (AvgIpc) is 3.41. The Morgan fingerprint density at radius 3 is 2.57 bits per heavy atom. The lowest BCUT2D eigenvalue weighted by Crippen LogP contribution is -2.08. The Balaban J connectivity index is 1.34. The van der Waals surface area contributed by atoms with Crippen LogP contribution in [0.15, 0.2) is 91.5 Å². The number of rotatable bonds is 6. The predicted octanol–water partition coefficient (Wildman–Crippen LogP) is 3.77. The summed E-state index contributed by atoms with van der Waals surface area (Å²) in [4.78, 5) is 12.2. The molecule has 6 heteroatoms. The third-order valence-corrected chi connectivity index (χ3v) is 4.18. The molecule has 0 saturated heterocycles. The summed E-state index contributed by atoms with van der Waals surface area (Å²) in [7, 11) is 0. The topological polar surface area (TPSA) is 64.7 Å². The number of hydrogen-bond acceptors (Lipinski definition) is 3. The molecule has 0 fully saturated rings. The van der Waals surface area contributed by atoms with Crippen LogP contribution in [0.1, 0.15) is 11.1 Å². The number of nitrogens with zero attached hydrogens (tertiary/aromatic N) is 4. The quantitative estimate of drug-likeness (QED) is 0.526. The summed E-state index contributed by atoms with van der Waals surface area (Å²) in [6.07, 6.45) is 10.5. The van der Waals surface area contributed by atoms with Crippen molar-refractivity contribution in [3.05, 3.63) is 103 Å². The Labute approximate surface area is 162 Å². The van der Waals surface area contributed by atoms with E-state index >= 15 is 0 Å². The molecule has 4 rings (SSSR count). The highest BCUT2D eigenvalue weighted by atomic mass is 16.1. The van der Waals surface area contributed by atoms with Crippen LogP contribution in [0.25, 0.3) is 11.8 Å². The molecule has 1 amide bonds. The molecule has 2 aromatic heterocycles. The van der Waals surface area contributed by atoms with Crippen molar-refractivity contribution in [1.82, 2.24) is 19.6 Å². The molecule has 0 aliphatic heterocycles. The largest absolute Gasteiger partial charge is 0.323 e. The van der Waals surface area contributed by atoms with Gasteiger partial charge in [-0.05, 0) is 42.0 Å². The van der Waals surface area contributed by atoms with E-state index in [1.807, 2.05) is 77.7 Å². The van der Waals surface area contributed by atoms with Crippen LogP contribution in [0.4, 0.5) is 5.69 Å². The minimum Gasteiger partial charge on any atom is -0.323 e. The Bertz CT molecular complexity index is 1060. The second-order valence-corrected chi connectivity index (χ2v) is 6.28. The maximum absolute atomic E-state index is 12.2. The summed E-state index contributed by atoms with van der Waals surface area (Å²) in [6.45, 7) is 0.701. The van der Waals surface area contributed by atoms with Gasteiger partial charge in [-0.3, -0.25) is 9.48 Å². The molecular weight excluding hydrogens is 350 g/mol. The first-order valence-corrected chi connectivity index (χ1v) is 8.92. The van der Waals surface area contributed by atoms with Crippen molar-refractivity contribution in [2.24, 2.45) is 0 Å². The van der Waals surface area contributed by atoms with Gasteiger partial charge < -0.3 is 5.32 Å². The van der Waals surface area contributed by atoms with Crippen molar-refractivity contribution in [3.8, 4) is 5.69 Å². The first kappa shape index (κ1) is 17.5. The highest BCUT2D eigenvalue weighted by Crippen LogP contribution is 2.12. The number of amides is 1. The molecule has 0 saturated carbocycles. The van der Waals surface area contributed by atoms with Gasteiger partial charge >= 0.3 is 0 Å². The van der Waals surface area contributed by atoms with Crippen LogP contribution >= 0.6 is 0 Å². The third-order valence-electron chi connectivity index (χ3n) is 4.18. The lowest BCUT2D eigenvalue weighted by molar-refractivity contribution is -0.111. The summed E-state index contributed by atoms with van der Waals surface area (Å²) >= 11 is 0. The monoisotopic (exact) mass is 369 g/mol. The fourth-order valence-corrected chi connectivity index (χ4v) is 2.78. The second kappa shape index (κ2) is 8.18. The zero-order chi connectivity index (χ0) is 19.2. The number of hydrogen-bond donors (Lipinski definition) is 1. The van der Waals surface area contributed by atoms with Crippen LogP contribution in [-0.2, 0) is 11.3 Å². The standard InChI is InChI=1S/C22H19N5O/c28-22(12-9-19-15-24-27(17-19)21-5-2-1-3-6-21)25-20-10-7-18(8-11-20)16-26-14-4-13-23-26/h1-15,17H,16H2,(H,25,28)/b12-9+. The smallest absolute Gasteiger partial charge is 0.248 e. The first-order valence-electron chi connectivity index (χ1n) is 8.92. The van der Waals surface area contributed by atoms with E-state index in [0.717, 1.165) is 22.5 Å². The highest BCUT2D eigenvalue weighted by Gasteiger charge is 2.01. The van der Waals surface area contributed by atoms with E-state index in [2.05, 4.69) is 15.5 Å². The molecule has 0 aliphatic rings. The van der Waals surface area contributed by atoms with Crippen LogP contribution in [0.3, 0.4) is 0 Å². The van der Waals surface area contributed by atoms with Crippen LogP contribution < -0.4 is 5.32 Å². The molecule has 2 aromatic carbocycles. The molecule has 0 radical (unpaired) electrons. The molecule has 2 heterocycles. The normalized spacial score (nSPS) is 11.0.